The third kappa shape index (κ3) is 5.01. The van der Waals surface area contributed by atoms with Crippen molar-refractivity contribution in [3.8, 4) is 5.75 Å². The van der Waals surface area contributed by atoms with Gasteiger partial charge in [-0.1, -0.05) is 24.3 Å². The SMILES string of the molecule is COc1ccc(CCC(=O)NCC2CCN(c3ccccc3)C2)cc1Br. The van der Waals surface area contributed by atoms with Crippen LogP contribution in [0.15, 0.2) is 53.0 Å². The number of anilines is 1. The van der Waals surface area contributed by atoms with Gasteiger partial charge in [0.1, 0.15) is 5.75 Å². The van der Waals surface area contributed by atoms with Crippen LogP contribution < -0.4 is 15.0 Å². The average molecular weight is 417 g/mol. The summed E-state index contributed by atoms with van der Waals surface area (Å²) in [5.41, 5.74) is 2.40. The number of methoxy groups -OCH3 is 1. The lowest BCUT2D eigenvalue weighted by molar-refractivity contribution is -0.121. The van der Waals surface area contributed by atoms with Gasteiger partial charge < -0.3 is 15.0 Å². The van der Waals surface area contributed by atoms with Crippen molar-refractivity contribution in [2.75, 3.05) is 31.6 Å². The summed E-state index contributed by atoms with van der Waals surface area (Å²) in [5, 5.41) is 3.10. The van der Waals surface area contributed by atoms with Crippen molar-refractivity contribution >= 4 is 27.5 Å². The van der Waals surface area contributed by atoms with Crippen molar-refractivity contribution < 1.29 is 9.53 Å². The minimum Gasteiger partial charge on any atom is -0.496 e. The van der Waals surface area contributed by atoms with E-state index in [1.807, 2.05) is 24.3 Å². The number of rotatable bonds is 7. The molecule has 1 aliphatic rings. The van der Waals surface area contributed by atoms with Crippen molar-refractivity contribution in [1.29, 1.82) is 0 Å². The number of ether oxygens (including phenoxy) is 1. The molecule has 1 atom stereocenters. The molecule has 1 amide bonds. The quantitative estimate of drug-likeness (QED) is 0.740. The minimum absolute atomic E-state index is 0.120. The van der Waals surface area contributed by atoms with E-state index < -0.39 is 0 Å². The molecule has 0 radical (unpaired) electrons. The molecule has 1 saturated heterocycles. The number of para-hydroxylation sites is 1. The molecule has 2 aromatic carbocycles. The van der Waals surface area contributed by atoms with Gasteiger partial charge in [0.15, 0.2) is 0 Å². The van der Waals surface area contributed by atoms with E-state index in [2.05, 4.69) is 50.4 Å². The van der Waals surface area contributed by atoms with Crippen LogP contribution in [0.2, 0.25) is 0 Å². The molecule has 0 aromatic heterocycles. The second-order valence-electron chi connectivity index (χ2n) is 6.71. The van der Waals surface area contributed by atoms with E-state index in [1.165, 1.54) is 5.69 Å². The van der Waals surface area contributed by atoms with E-state index in [4.69, 9.17) is 4.74 Å². The molecule has 1 N–H and O–H groups in total. The number of carbonyl (C=O) groups excluding carboxylic acids is 1. The second kappa shape index (κ2) is 9.08. The summed E-state index contributed by atoms with van der Waals surface area (Å²) in [6.07, 6.45) is 2.36. The topological polar surface area (TPSA) is 41.6 Å². The number of carbonyl (C=O) groups is 1. The summed E-state index contributed by atoms with van der Waals surface area (Å²) in [6, 6.07) is 16.4. The molecular weight excluding hydrogens is 392 g/mol. The number of nitrogens with zero attached hydrogens (tertiary/aromatic N) is 1. The summed E-state index contributed by atoms with van der Waals surface area (Å²) in [4.78, 5) is 14.6. The van der Waals surface area contributed by atoms with Crippen LogP contribution >= 0.6 is 15.9 Å². The summed E-state index contributed by atoms with van der Waals surface area (Å²) < 4.78 is 6.15. The molecular formula is C21H25BrN2O2. The van der Waals surface area contributed by atoms with Crippen LogP contribution in [0.3, 0.4) is 0 Å². The first-order chi connectivity index (χ1) is 12.7. The van der Waals surface area contributed by atoms with Crippen LogP contribution in [-0.4, -0.2) is 32.7 Å². The van der Waals surface area contributed by atoms with Crippen molar-refractivity contribution in [1.82, 2.24) is 5.32 Å². The Morgan fingerprint density at radius 1 is 1.27 bits per heavy atom. The number of aryl methyl sites for hydroxylation is 1. The molecule has 4 nitrogen and oxygen atoms in total. The van der Waals surface area contributed by atoms with E-state index >= 15 is 0 Å². The van der Waals surface area contributed by atoms with Crippen molar-refractivity contribution in [2.45, 2.75) is 19.3 Å². The maximum absolute atomic E-state index is 12.2. The van der Waals surface area contributed by atoms with Crippen molar-refractivity contribution in [3.63, 3.8) is 0 Å². The smallest absolute Gasteiger partial charge is 0.220 e. The molecule has 1 unspecified atom stereocenters. The van der Waals surface area contributed by atoms with Crippen molar-refractivity contribution in [3.05, 3.63) is 58.6 Å². The predicted molar refractivity (Wildman–Crippen MR) is 109 cm³/mol. The van der Waals surface area contributed by atoms with Crippen LogP contribution in [0.5, 0.6) is 5.75 Å². The van der Waals surface area contributed by atoms with E-state index in [9.17, 15) is 4.79 Å². The highest BCUT2D eigenvalue weighted by atomic mass is 79.9. The van der Waals surface area contributed by atoms with Crippen LogP contribution in [0.25, 0.3) is 0 Å². The minimum atomic E-state index is 0.120. The largest absolute Gasteiger partial charge is 0.496 e. The van der Waals surface area contributed by atoms with Crippen LogP contribution in [-0.2, 0) is 11.2 Å². The second-order valence-corrected chi connectivity index (χ2v) is 7.56. The molecule has 3 rings (SSSR count). The van der Waals surface area contributed by atoms with Gasteiger partial charge in [0.2, 0.25) is 5.91 Å². The molecule has 0 bridgehead atoms. The summed E-state index contributed by atoms with van der Waals surface area (Å²) >= 11 is 3.48. The van der Waals surface area contributed by atoms with Gasteiger partial charge in [-0.2, -0.15) is 0 Å². The van der Waals surface area contributed by atoms with Gasteiger partial charge in [-0.15, -0.1) is 0 Å². The van der Waals surface area contributed by atoms with Crippen LogP contribution in [0.1, 0.15) is 18.4 Å². The van der Waals surface area contributed by atoms with Gasteiger partial charge in [0.05, 0.1) is 11.6 Å². The van der Waals surface area contributed by atoms with Crippen LogP contribution in [0, 0.1) is 5.92 Å². The zero-order chi connectivity index (χ0) is 18.4. The molecule has 1 heterocycles. The fraction of sp³-hybridized carbons (Fsp3) is 0.381. The number of hydrogen-bond acceptors (Lipinski definition) is 3. The first kappa shape index (κ1) is 18.8. The lowest BCUT2D eigenvalue weighted by atomic mass is 10.1. The van der Waals surface area contributed by atoms with E-state index in [1.54, 1.807) is 7.11 Å². The molecule has 2 aromatic rings. The molecule has 138 valence electrons. The fourth-order valence-corrected chi connectivity index (χ4v) is 3.93. The zero-order valence-electron chi connectivity index (χ0n) is 15.1. The summed E-state index contributed by atoms with van der Waals surface area (Å²) in [6.45, 7) is 2.83. The normalized spacial score (nSPS) is 16.5. The Kier molecular flexibility index (Phi) is 6.56. The fourth-order valence-electron chi connectivity index (χ4n) is 3.34. The Morgan fingerprint density at radius 2 is 2.08 bits per heavy atom. The first-order valence-corrected chi connectivity index (χ1v) is 9.84. The van der Waals surface area contributed by atoms with Gasteiger partial charge >= 0.3 is 0 Å². The third-order valence-corrected chi connectivity index (χ3v) is 5.47. The number of benzene rings is 2. The number of halogens is 1. The van der Waals surface area contributed by atoms with Gasteiger partial charge in [-0.25, -0.2) is 0 Å². The lowest BCUT2D eigenvalue weighted by Crippen LogP contribution is -2.31. The van der Waals surface area contributed by atoms with Gasteiger partial charge in [-0.3, -0.25) is 4.79 Å². The Bertz CT molecular complexity index is 736. The first-order valence-electron chi connectivity index (χ1n) is 9.05. The molecule has 1 fully saturated rings. The Balaban J connectivity index is 1.40. The highest BCUT2D eigenvalue weighted by Gasteiger charge is 2.22. The lowest BCUT2D eigenvalue weighted by Gasteiger charge is -2.18. The molecule has 0 aliphatic carbocycles. The zero-order valence-corrected chi connectivity index (χ0v) is 16.7. The Labute approximate surface area is 163 Å². The molecule has 0 saturated carbocycles. The van der Waals surface area contributed by atoms with E-state index in [0.717, 1.165) is 48.3 Å². The maximum Gasteiger partial charge on any atom is 0.220 e. The van der Waals surface area contributed by atoms with Gasteiger partial charge in [0.25, 0.3) is 0 Å². The maximum atomic E-state index is 12.2. The Hall–Kier alpha value is -2.01. The standard InChI is InChI=1S/C21H25BrN2O2/c1-26-20-9-7-16(13-19(20)22)8-10-21(25)23-14-17-11-12-24(15-17)18-5-3-2-4-6-18/h2-7,9,13,17H,8,10-12,14-15H2,1H3,(H,23,25). The molecule has 0 spiro atoms. The van der Waals surface area contributed by atoms with Gasteiger partial charge in [-0.05, 0) is 64.5 Å². The molecule has 1 aliphatic heterocycles. The highest BCUT2D eigenvalue weighted by molar-refractivity contribution is 9.10. The predicted octanol–water partition coefficient (Wildman–Crippen LogP) is 4.03. The number of hydrogen-bond donors (Lipinski definition) is 1. The van der Waals surface area contributed by atoms with E-state index in [0.29, 0.717) is 12.3 Å². The van der Waals surface area contributed by atoms with Gasteiger partial charge in [0, 0.05) is 31.7 Å². The third-order valence-electron chi connectivity index (χ3n) is 4.85. The molecule has 26 heavy (non-hydrogen) atoms. The molecule has 5 heteroatoms. The van der Waals surface area contributed by atoms with Crippen molar-refractivity contribution in [2.24, 2.45) is 5.92 Å². The van der Waals surface area contributed by atoms with E-state index in [-0.39, 0.29) is 5.91 Å². The van der Waals surface area contributed by atoms with Crippen LogP contribution in [0.4, 0.5) is 5.69 Å². The Morgan fingerprint density at radius 3 is 2.81 bits per heavy atom. The monoisotopic (exact) mass is 416 g/mol. The summed E-state index contributed by atoms with van der Waals surface area (Å²) in [5.74, 6) is 1.45. The number of nitrogens with one attached hydrogen (secondary N) is 1. The highest BCUT2D eigenvalue weighted by Crippen LogP contribution is 2.26. The average Bonchev–Trinajstić information content (AvgIpc) is 3.14. The summed E-state index contributed by atoms with van der Waals surface area (Å²) in [7, 11) is 1.65. The number of amides is 1.